The minimum absolute atomic E-state index is 0.0336. The molecule has 0 radical (unpaired) electrons. The predicted molar refractivity (Wildman–Crippen MR) is 52.5 cm³/mol. The number of hydrogen-bond acceptors (Lipinski definition) is 4. The Morgan fingerprint density at radius 3 is 2.87 bits per heavy atom. The van der Waals surface area contributed by atoms with Crippen molar-refractivity contribution in [1.29, 1.82) is 0 Å². The molecular formula is C8H6BClO5. The van der Waals surface area contributed by atoms with Crippen LogP contribution < -0.4 is 9.39 Å². The SMILES string of the molecule is O=C(O)c1ccc(Cl)c2c1OB(O)CO2. The highest BCUT2D eigenvalue weighted by molar-refractivity contribution is 6.44. The molecule has 7 heteroatoms. The van der Waals surface area contributed by atoms with Gasteiger partial charge >= 0.3 is 13.1 Å². The Morgan fingerprint density at radius 2 is 2.20 bits per heavy atom. The van der Waals surface area contributed by atoms with E-state index >= 15 is 0 Å². The highest BCUT2D eigenvalue weighted by atomic mass is 35.5. The van der Waals surface area contributed by atoms with E-state index in [1.165, 1.54) is 12.1 Å². The first-order chi connectivity index (χ1) is 7.09. The number of fused-ring (bicyclic) bond motifs is 1. The van der Waals surface area contributed by atoms with E-state index in [1.54, 1.807) is 0 Å². The zero-order chi connectivity index (χ0) is 11.0. The zero-order valence-electron chi connectivity index (χ0n) is 7.44. The number of aromatic carboxylic acids is 1. The van der Waals surface area contributed by atoms with E-state index in [0.29, 0.717) is 0 Å². The lowest BCUT2D eigenvalue weighted by molar-refractivity contribution is 0.0693. The maximum atomic E-state index is 10.8. The van der Waals surface area contributed by atoms with Crippen molar-refractivity contribution in [3.05, 3.63) is 22.7 Å². The van der Waals surface area contributed by atoms with Crippen LogP contribution in [0.1, 0.15) is 10.4 Å². The smallest absolute Gasteiger partial charge is 0.531 e. The van der Waals surface area contributed by atoms with Crippen LogP contribution in [-0.2, 0) is 0 Å². The van der Waals surface area contributed by atoms with Crippen LogP contribution >= 0.6 is 11.6 Å². The van der Waals surface area contributed by atoms with E-state index in [-0.39, 0.29) is 28.6 Å². The van der Waals surface area contributed by atoms with Crippen molar-refractivity contribution in [1.82, 2.24) is 0 Å². The highest BCUT2D eigenvalue weighted by Crippen LogP contribution is 2.40. The van der Waals surface area contributed by atoms with Crippen molar-refractivity contribution in [2.45, 2.75) is 0 Å². The quantitative estimate of drug-likeness (QED) is 0.696. The van der Waals surface area contributed by atoms with Crippen LogP contribution in [0.15, 0.2) is 12.1 Å². The molecule has 0 atom stereocenters. The number of hydrogen-bond donors (Lipinski definition) is 2. The number of carboxylic acids is 1. The van der Waals surface area contributed by atoms with Gasteiger partial charge in [-0.3, -0.25) is 0 Å². The first kappa shape index (κ1) is 10.1. The van der Waals surface area contributed by atoms with E-state index in [1.807, 2.05) is 0 Å². The van der Waals surface area contributed by atoms with Gasteiger partial charge in [0.05, 0.1) is 5.02 Å². The third-order valence-corrected chi connectivity index (χ3v) is 2.22. The summed E-state index contributed by atoms with van der Waals surface area (Å²) in [5.41, 5.74) is -0.0897. The van der Waals surface area contributed by atoms with Crippen LogP contribution in [-0.4, -0.2) is 29.7 Å². The first-order valence-corrected chi connectivity index (χ1v) is 4.50. The molecule has 2 N–H and O–H groups in total. The third kappa shape index (κ3) is 1.73. The van der Waals surface area contributed by atoms with Crippen LogP contribution in [0.4, 0.5) is 0 Å². The van der Waals surface area contributed by atoms with Gasteiger partial charge in [-0.25, -0.2) is 4.79 Å². The normalized spacial score (nSPS) is 13.9. The minimum Gasteiger partial charge on any atom is -0.531 e. The molecule has 0 unspecified atom stereocenters. The molecule has 1 aliphatic rings. The first-order valence-electron chi connectivity index (χ1n) is 4.13. The van der Waals surface area contributed by atoms with E-state index in [9.17, 15) is 4.79 Å². The van der Waals surface area contributed by atoms with Gasteiger partial charge in [-0.1, -0.05) is 11.6 Å². The summed E-state index contributed by atoms with van der Waals surface area (Å²) >= 11 is 5.79. The fraction of sp³-hybridized carbons (Fsp3) is 0.125. The molecule has 15 heavy (non-hydrogen) atoms. The summed E-state index contributed by atoms with van der Waals surface area (Å²) in [6.07, 6.45) is 0. The molecule has 0 amide bonds. The number of carbonyl (C=O) groups is 1. The number of ether oxygens (including phenoxy) is 1. The lowest BCUT2D eigenvalue weighted by Crippen LogP contribution is -2.34. The van der Waals surface area contributed by atoms with Crippen molar-refractivity contribution < 1.29 is 24.3 Å². The second-order valence-electron chi connectivity index (χ2n) is 2.94. The Hall–Kier alpha value is -1.40. The summed E-state index contributed by atoms with van der Waals surface area (Å²) < 4.78 is 10.1. The predicted octanol–water partition coefficient (Wildman–Crippen LogP) is 0.829. The van der Waals surface area contributed by atoms with Gasteiger partial charge in [0.25, 0.3) is 0 Å². The largest absolute Gasteiger partial charge is 0.563 e. The van der Waals surface area contributed by atoms with Crippen molar-refractivity contribution in [2.24, 2.45) is 0 Å². The summed E-state index contributed by atoms with van der Waals surface area (Å²) in [5.74, 6) is -1.05. The highest BCUT2D eigenvalue weighted by Gasteiger charge is 2.30. The molecule has 0 aromatic heterocycles. The van der Waals surface area contributed by atoms with E-state index in [0.717, 1.165) is 0 Å². The summed E-state index contributed by atoms with van der Waals surface area (Å²) in [4.78, 5) is 10.8. The minimum atomic E-state index is -1.17. The van der Waals surface area contributed by atoms with Gasteiger partial charge in [0, 0.05) is 0 Å². The number of rotatable bonds is 1. The van der Waals surface area contributed by atoms with Gasteiger partial charge in [-0.15, -0.1) is 0 Å². The lowest BCUT2D eigenvalue weighted by Gasteiger charge is -2.22. The number of carboxylic acid groups (broad SMARTS) is 1. The molecule has 2 rings (SSSR count). The van der Waals surface area contributed by atoms with Gasteiger partial charge in [-0.05, 0) is 12.1 Å². The lowest BCUT2D eigenvalue weighted by atomic mass is 9.91. The zero-order valence-corrected chi connectivity index (χ0v) is 8.19. The van der Waals surface area contributed by atoms with Gasteiger partial charge in [-0.2, -0.15) is 0 Å². The maximum Gasteiger partial charge on any atom is 0.563 e. The van der Waals surface area contributed by atoms with Gasteiger partial charge < -0.3 is 19.5 Å². The van der Waals surface area contributed by atoms with Gasteiger partial charge in [0.15, 0.2) is 11.5 Å². The Labute approximate surface area is 90.3 Å². The van der Waals surface area contributed by atoms with E-state index in [2.05, 4.69) is 0 Å². The molecule has 0 fully saturated rings. The summed E-state index contributed by atoms with van der Waals surface area (Å²) in [6.45, 7) is -0.0736. The van der Waals surface area contributed by atoms with Crippen molar-refractivity contribution in [3.8, 4) is 11.5 Å². The molecular weight excluding hydrogens is 222 g/mol. The van der Waals surface area contributed by atoms with Crippen molar-refractivity contribution in [2.75, 3.05) is 6.51 Å². The summed E-state index contributed by atoms with van der Waals surface area (Å²) in [6, 6.07) is 2.70. The molecule has 0 saturated heterocycles. The van der Waals surface area contributed by atoms with Crippen molar-refractivity contribution in [3.63, 3.8) is 0 Å². The topological polar surface area (TPSA) is 76.0 Å². The fourth-order valence-electron chi connectivity index (χ4n) is 1.28. The molecule has 5 nitrogen and oxygen atoms in total. The summed E-state index contributed by atoms with van der Waals surface area (Å²) in [7, 11) is -1.17. The molecule has 0 spiro atoms. The monoisotopic (exact) mass is 228 g/mol. The number of halogens is 1. The number of benzene rings is 1. The average molecular weight is 228 g/mol. The Bertz CT molecular complexity index is 422. The van der Waals surface area contributed by atoms with E-state index < -0.39 is 13.1 Å². The van der Waals surface area contributed by atoms with Crippen LogP contribution in [0.2, 0.25) is 5.02 Å². The van der Waals surface area contributed by atoms with Crippen molar-refractivity contribution >= 4 is 24.7 Å². The molecule has 0 saturated carbocycles. The van der Waals surface area contributed by atoms with E-state index in [4.69, 9.17) is 31.1 Å². The summed E-state index contributed by atoms with van der Waals surface area (Å²) in [5, 5.41) is 18.3. The Morgan fingerprint density at radius 1 is 1.47 bits per heavy atom. The molecule has 1 heterocycles. The molecule has 78 valence electrons. The Kier molecular flexibility index (Phi) is 2.46. The van der Waals surface area contributed by atoms with Crippen LogP contribution in [0, 0.1) is 0 Å². The Balaban J connectivity index is 2.56. The van der Waals surface area contributed by atoms with Crippen LogP contribution in [0.25, 0.3) is 0 Å². The fourth-order valence-corrected chi connectivity index (χ4v) is 1.49. The van der Waals surface area contributed by atoms with Gasteiger partial charge in [0.1, 0.15) is 12.1 Å². The second kappa shape index (κ2) is 3.64. The average Bonchev–Trinajstić information content (AvgIpc) is 2.17. The van der Waals surface area contributed by atoms with Crippen LogP contribution in [0.3, 0.4) is 0 Å². The maximum absolute atomic E-state index is 10.8. The van der Waals surface area contributed by atoms with Crippen LogP contribution in [0.5, 0.6) is 11.5 Å². The molecule has 1 aromatic carbocycles. The second-order valence-corrected chi connectivity index (χ2v) is 3.35. The molecule has 1 aliphatic heterocycles. The van der Waals surface area contributed by atoms with Gasteiger partial charge in [0.2, 0.25) is 0 Å². The third-order valence-electron chi connectivity index (χ3n) is 1.92. The molecule has 1 aromatic rings. The molecule has 0 aliphatic carbocycles. The standard InChI is InChI=1S/C8H6BClO5/c10-5-2-1-4(8(11)12)6-7(5)14-3-9(13)15-6/h1-2,13H,3H2,(H,11,12). The molecule has 0 bridgehead atoms.